The van der Waals surface area contributed by atoms with Crippen molar-refractivity contribution in [2.45, 2.75) is 44.4 Å². The molecule has 1 aliphatic carbocycles. The molecule has 0 bridgehead atoms. The van der Waals surface area contributed by atoms with Crippen molar-refractivity contribution >= 4 is 28.3 Å². The van der Waals surface area contributed by atoms with E-state index in [1.54, 1.807) is 0 Å². The van der Waals surface area contributed by atoms with Gasteiger partial charge in [0.05, 0.1) is 13.2 Å². The van der Waals surface area contributed by atoms with E-state index in [1.807, 2.05) is 24.3 Å². The molecule has 0 amide bonds. The molecule has 6 heteroatoms. The third kappa shape index (κ3) is 5.60. The lowest BCUT2D eigenvalue weighted by Crippen LogP contribution is -2.51. The highest BCUT2D eigenvalue weighted by atomic mass is 79.9. The van der Waals surface area contributed by atoms with Crippen LogP contribution < -0.4 is 15.4 Å². The van der Waals surface area contributed by atoms with Gasteiger partial charge in [0.25, 0.3) is 0 Å². The lowest BCUT2D eigenvalue weighted by Gasteiger charge is -2.33. The number of benzene rings is 1. The van der Waals surface area contributed by atoms with E-state index in [0.29, 0.717) is 18.0 Å². The van der Waals surface area contributed by atoms with Gasteiger partial charge in [-0.05, 0) is 49.9 Å². The molecule has 2 aliphatic rings. The van der Waals surface area contributed by atoms with Crippen LogP contribution in [-0.2, 0) is 4.74 Å². The molecular weight excluding hydrogens is 392 g/mol. The number of hydrogen-bond acceptors (Lipinski definition) is 4. The Balaban J connectivity index is 0.00000208. The van der Waals surface area contributed by atoms with Gasteiger partial charge in [0.2, 0.25) is 0 Å². The molecule has 1 aromatic carbocycles. The molecule has 24 heavy (non-hydrogen) atoms. The van der Waals surface area contributed by atoms with Crippen LogP contribution in [0.1, 0.15) is 26.2 Å². The first kappa shape index (κ1) is 20.0. The molecule has 4 unspecified atom stereocenters. The quantitative estimate of drug-likeness (QED) is 0.742. The van der Waals surface area contributed by atoms with Crippen LogP contribution in [0.5, 0.6) is 5.75 Å². The molecular formula is C18H28BrClN2O2. The monoisotopic (exact) mass is 418 g/mol. The second-order valence-corrected chi connectivity index (χ2v) is 7.54. The average molecular weight is 420 g/mol. The normalized spacial score (nSPS) is 28.2. The third-order valence-corrected chi connectivity index (χ3v) is 5.38. The summed E-state index contributed by atoms with van der Waals surface area (Å²) in [6, 6.07) is 9.11. The molecule has 1 saturated carbocycles. The number of halogens is 2. The highest BCUT2D eigenvalue weighted by Gasteiger charge is 2.34. The largest absolute Gasteiger partial charge is 0.489 e. The number of rotatable bonds is 6. The van der Waals surface area contributed by atoms with Gasteiger partial charge in [0, 0.05) is 29.6 Å². The highest BCUT2D eigenvalue weighted by Crippen LogP contribution is 2.29. The van der Waals surface area contributed by atoms with E-state index in [0.717, 1.165) is 36.5 Å². The minimum Gasteiger partial charge on any atom is -0.489 e. The van der Waals surface area contributed by atoms with E-state index in [1.165, 1.54) is 19.3 Å². The topological polar surface area (TPSA) is 42.5 Å². The van der Waals surface area contributed by atoms with Gasteiger partial charge in [-0.3, -0.25) is 0 Å². The van der Waals surface area contributed by atoms with Gasteiger partial charge in [0.15, 0.2) is 0 Å². The first-order chi connectivity index (χ1) is 11.2. The molecule has 2 fully saturated rings. The van der Waals surface area contributed by atoms with Crippen molar-refractivity contribution in [1.82, 2.24) is 10.6 Å². The Hall–Kier alpha value is -0.330. The van der Waals surface area contributed by atoms with Crippen molar-refractivity contribution in [2.75, 3.05) is 26.3 Å². The lowest BCUT2D eigenvalue weighted by atomic mass is 9.94. The molecule has 1 saturated heterocycles. The minimum absolute atomic E-state index is 0. The maximum absolute atomic E-state index is 5.99. The predicted molar refractivity (Wildman–Crippen MR) is 103 cm³/mol. The number of morpholine rings is 1. The summed E-state index contributed by atoms with van der Waals surface area (Å²) in [5, 5.41) is 7.35. The fourth-order valence-corrected chi connectivity index (χ4v) is 3.95. The van der Waals surface area contributed by atoms with Crippen molar-refractivity contribution < 1.29 is 9.47 Å². The van der Waals surface area contributed by atoms with Crippen LogP contribution in [0.4, 0.5) is 0 Å². The predicted octanol–water partition coefficient (Wildman–Crippen LogP) is 3.38. The van der Waals surface area contributed by atoms with Gasteiger partial charge in [-0.25, -0.2) is 0 Å². The van der Waals surface area contributed by atoms with E-state index in [-0.39, 0.29) is 18.5 Å². The summed E-state index contributed by atoms with van der Waals surface area (Å²) in [6.07, 6.45) is 4.02. The molecule has 1 aromatic rings. The van der Waals surface area contributed by atoms with Crippen LogP contribution in [0, 0.1) is 5.92 Å². The van der Waals surface area contributed by atoms with Crippen LogP contribution in [0.15, 0.2) is 28.7 Å². The summed E-state index contributed by atoms with van der Waals surface area (Å²) < 4.78 is 12.7. The minimum atomic E-state index is 0. The first-order valence-electron chi connectivity index (χ1n) is 8.69. The van der Waals surface area contributed by atoms with Crippen LogP contribution in [0.2, 0.25) is 0 Å². The molecule has 1 aliphatic heterocycles. The zero-order valence-corrected chi connectivity index (χ0v) is 16.6. The third-order valence-electron chi connectivity index (χ3n) is 4.85. The second kappa shape index (κ2) is 9.97. The van der Waals surface area contributed by atoms with E-state index in [9.17, 15) is 0 Å². The average Bonchev–Trinajstić information content (AvgIpc) is 3.04. The first-order valence-corrected chi connectivity index (χ1v) is 9.48. The van der Waals surface area contributed by atoms with E-state index in [4.69, 9.17) is 9.47 Å². The van der Waals surface area contributed by atoms with Crippen molar-refractivity contribution in [3.05, 3.63) is 28.7 Å². The maximum Gasteiger partial charge on any atom is 0.119 e. The molecule has 4 atom stereocenters. The molecule has 0 spiro atoms. The molecule has 2 N–H and O–H groups in total. The van der Waals surface area contributed by atoms with Crippen LogP contribution in [0.25, 0.3) is 0 Å². The molecule has 4 nitrogen and oxygen atoms in total. The summed E-state index contributed by atoms with van der Waals surface area (Å²) >= 11 is 3.45. The Bertz CT molecular complexity index is 482. The highest BCUT2D eigenvalue weighted by molar-refractivity contribution is 9.10. The molecule has 136 valence electrons. The SMILES string of the molecule is CC(CNC1CCCC1C1COCCN1)Oc1ccc(Br)cc1.Cl. The molecule has 3 rings (SSSR count). The summed E-state index contributed by atoms with van der Waals surface area (Å²) in [4.78, 5) is 0. The van der Waals surface area contributed by atoms with Gasteiger partial charge >= 0.3 is 0 Å². The van der Waals surface area contributed by atoms with E-state index in [2.05, 4.69) is 33.5 Å². The zero-order valence-electron chi connectivity index (χ0n) is 14.2. The number of nitrogens with one attached hydrogen (secondary N) is 2. The number of hydrogen-bond donors (Lipinski definition) is 2. The van der Waals surface area contributed by atoms with Gasteiger partial charge in [-0.15, -0.1) is 12.4 Å². The summed E-state index contributed by atoms with van der Waals surface area (Å²) in [7, 11) is 0. The molecule has 0 radical (unpaired) electrons. The zero-order chi connectivity index (χ0) is 16.1. The van der Waals surface area contributed by atoms with Crippen LogP contribution in [-0.4, -0.2) is 44.5 Å². The van der Waals surface area contributed by atoms with Crippen molar-refractivity contribution in [3.63, 3.8) is 0 Å². The van der Waals surface area contributed by atoms with Crippen molar-refractivity contribution in [2.24, 2.45) is 5.92 Å². The Morgan fingerprint density at radius 2 is 2.12 bits per heavy atom. The van der Waals surface area contributed by atoms with E-state index < -0.39 is 0 Å². The van der Waals surface area contributed by atoms with Gasteiger partial charge in [-0.1, -0.05) is 22.4 Å². The molecule has 1 heterocycles. The lowest BCUT2D eigenvalue weighted by molar-refractivity contribution is 0.0518. The Morgan fingerprint density at radius 1 is 1.33 bits per heavy atom. The fraction of sp³-hybridized carbons (Fsp3) is 0.667. The van der Waals surface area contributed by atoms with Gasteiger partial charge < -0.3 is 20.1 Å². The Morgan fingerprint density at radius 3 is 2.83 bits per heavy atom. The van der Waals surface area contributed by atoms with Gasteiger partial charge in [-0.2, -0.15) is 0 Å². The van der Waals surface area contributed by atoms with E-state index >= 15 is 0 Å². The Labute approximate surface area is 159 Å². The van der Waals surface area contributed by atoms with Crippen LogP contribution >= 0.6 is 28.3 Å². The summed E-state index contributed by atoms with van der Waals surface area (Å²) in [5.74, 6) is 1.60. The van der Waals surface area contributed by atoms with Crippen molar-refractivity contribution in [3.8, 4) is 5.75 Å². The fourth-order valence-electron chi connectivity index (χ4n) is 3.69. The smallest absolute Gasteiger partial charge is 0.119 e. The Kier molecular flexibility index (Phi) is 8.31. The number of ether oxygens (including phenoxy) is 2. The van der Waals surface area contributed by atoms with Crippen molar-refractivity contribution in [1.29, 1.82) is 0 Å². The summed E-state index contributed by atoms with van der Waals surface area (Å²) in [6.45, 7) is 5.69. The van der Waals surface area contributed by atoms with Gasteiger partial charge in [0.1, 0.15) is 11.9 Å². The maximum atomic E-state index is 5.99. The molecule has 0 aromatic heterocycles. The summed E-state index contributed by atoms with van der Waals surface area (Å²) in [5.41, 5.74) is 0. The van der Waals surface area contributed by atoms with Crippen LogP contribution in [0.3, 0.4) is 0 Å². The second-order valence-electron chi connectivity index (χ2n) is 6.63. The standard InChI is InChI=1S/C18H27BrN2O2.ClH/c1-13(23-15-7-5-14(19)6-8-15)11-21-17-4-2-3-16(17)18-12-22-10-9-20-18;/h5-8,13,16-18,20-21H,2-4,9-12H2,1H3;1H.